The van der Waals surface area contributed by atoms with E-state index < -0.39 is 11.9 Å². The molecule has 0 unspecified atom stereocenters. The fourth-order valence-corrected chi connectivity index (χ4v) is 3.17. The molecule has 0 saturated carbocycles. The standard InChI is InChI=1S/C16H14ClF3N6S/c1-25(2)12-8-11(16(18,19)20)21-14(22-12)27-15-24-23-13(26(15)3)9-6-4-5-7-10(9)17/h4-8H,1-3H3. The first-order valence-electron chi connectivity index (χ1n) is 7.62. The maximum atomic E-state index is 13.1. The van der Waals surface area contributed by atoms with Gasteiger partial charge in [0.25, 0.3) is 0 Å². The van der Waals surface area contributed by atoms with Gasteiger partial charge in [0.15, 0.2) is 21.8 Å². The maximum absolute atomic E-state index is 13.1. The number of hydrogen-bond acceptors (Lipinski definition) is 6. The van der Waals surface area contributed by atoms with E-state index in [1.807, 2.05) is 6.07 Å². The number of anilines is 1. The van der Waals surface area contributed by atoms with Crippen molar-refractivity contribution in [2.45, 2.75) is 16.5 Å². The Morgan fingerprint density at radius 2 is 1.81 bits per heavy atom. The lowest BCUT2D eigenvalue weighted by Gasteiger charge is -2.15. The molecule has 11 heteroatoms. The molecular weight excluding hydrogens is 401 g/mol. The molecule has 0 aliphatic carbocycles. The molecule has 2 aromatic heterocycles. The molecule has 6 nitrogen and oxygen atoms in total. The van der Waals surface area contributed by atoms with E-state index in [9.17, 15) is 13.2 Å². The van der Waals surface area contributed by atoms with Crippen molar-refractivity contribution in [3.63, 3.8) is 0 Å². The fraction of sp³-hybridized carbons (Fsp3) is 0.250. The smallest absolute Gasteiger partial charge is 0.363 e. The van der Waals surface area contributed by atoms with Crippen LogP contribution >= 0.6 is 23.4 Å². The van der Waals surface area contributed by atoms with Crippen molar-refractivity contribution in [1.29, 1.82) is 0 Å². The lowest BCUT2D eigenvalue weighted by molar-refractivity contribution is -0.141. The molecule has 3 rings (SSSR count). The molecule has 0 spiro atoms. The molecule has 0 N–H and O–H groups in total. The summed E-state index contributed by atoms with van der Waals surface area (Å²) in [6.45, 7) is 0. The first kappa shape index (κ1) is 19.4. The zero-order valence-electron chi connectivity index (χ0n) is 14.5. The monoisotopic (exact) mass is 414 g/mol. The minimum atomic E-state index is -4.58. The number of hydrogen-bond donors (Lipinski definition) is 0. The van der Waals surface area contributed by atoms with E-state index in [-0.39, 0.29) is 11.0 Å². The predicted octanol–water partition coefficient (Wildman–Crippen LogP) is 4.16. The van der Waals surface area contributed by atoms with Gasteiger partial charge in [0, 0.05) is 32.8 Å². The zero-order valence-corrected chi connectivity index (χ0v) is 16.1. The van der Waals surface area contributed by atoms with Gasteiger partial charge >= 0.3 is 6.18 Å². The minimum absolute atomic E-state index is 0.0743. The van der Waals surface area contributed by atoms with Crippen LogP contribution < -0.4 is 4.90 Å². The average Bonchev–Trinajstić information content (AvgIpc) is 2.95. The third-order valence-corrected chi connectivity index (χ3v) is 4.81. The van der Waals surface area contributed by atoms with Crippen LogP contribution in [0.25, 0.3) is 11.4 Å². The number of nitrogens with zero attached hydrogens (tertiary/aromatic N) is 6. The Balaban J connectivity index is 1.99. The SMILES string of the molecule is CN(C)c1cc(C(F)(F)F)nc(Sc2nnc(-c3ccccc3Cl)n2C)n1. The highest BCUT2D eigenvalue weighted by Crippen LogP contribution is 2.34. The van der Waals surface area contributed by atoms with Gasteiger partial charge < -0.3 is 9.47 Å². The highest BCUT2D eigenvalue weighted by atomic mass is 35.5. The number of benzene rings is 1. The number of aromatic nitrogens is 5. The molecule has 0 atom stereocenters. The van der Waals surface area contributed by atoms with Gasteiger partial charge in [-0.2, -0.15) is 13.2 Å². The number of halogens is 4. The molecule has 142 valence electrons. The third-order valence-electron chi connectivity index (χ3n) is 3.57. The van der Waals surface area contributed by atoms with Gasteiger partial charge in [0.2, 0.25) is 0 Å². The van der Waals surface area contributed by atoms with E-state index >= 15 is 0 Å². The van der Waals surface area contributed by atoms with Gasteiger partial charge in [0.1, 0.15) is 5.82 Å². The lowest BCUT2D eigenvalue weighted by Crippen LogP contribution is -2.16. The van der Waals surface area contributed by atoms with Gasteiger partial charge in [0.05, 0.1) is 5.02 Å². The Morgan fingerprint density at radius 3 is 2.44 bits per heavy atom. The first-order valence-corrected chi connectivity index (χ1v) is 8.82. The van der Waals surface area contributed by atoms with Crippen LogP contribution in [0.5, 0.6) is 0 Å². The number of rotatable bonds is 4. The molecule has 0 aliphatic heterocycles. The topological polar surface area (TPSA) is 59.7 Å². The Morgan fingerprint density at radius 1 is 1.11 bits per heavy atom. The largest absolute Gasteiger partial charge is 0.433 e. The summed E-state index contributed by atoms with van der Waals surface area (Å²) < 4.78 is 41.0. The molecule has 2 heterocycles. The van der Waals surface area contributed by atoms with Gasteiger partial charge in [-0.25, -0.2) is 9.97 Å². The van der Waals surface area contributed by atoms with Gasteiger partial charge in [-0.1, -0.05) is 23.7 Å². The van der Waals surface area contributed by atoms with Crippen molar-refractivity contribution < 1.29 is 13.2 Å². The Hall–Kier alpha value is -2.33. The van der Waals surface area contributed by atoms with E-state index in [0.717, 1.165) is 17.8 Å². The van der Waals surface area contributed by atoms with E-state index in [1.54, 1.807) is 43.9 Å². The number of alkyl halides is 3. The highest BCUT2D eigenvalue weighted by Gasteiger charge is 2.34. The summed E-state index contributed by atoms with van der Waals surface area (Å²) in [5.41, 5.74) is -0.350. The summed E-state index contributed by atoms with van der Waals surface area (Å²) in [5, 5.41) is 8.89. The molecular formula is C16H14ClF3N6S. The van der Waals surface area contributed by atoms with E-state index in [0.29, 0.717) is 21.6 Å². The molecule has 0 radical (unpaired) electrons. The Bertz CT molecular complexity index is 973. The summed E-state index contributed by atoms with van der Waals surface area (Å²) in [4.78, 5) is 9.25. The molecule has 0 fully saturated rings. The van der Waals surface area contributed by atoms with E-state index in [4.69, 9.17) is 11.6 Å². The molecule has 0 saturated heterocycles. The van der Waals surface area contributed by atoms with Crippen molar-refractivity contribution in [1.82, 2.24) is 24.7 Å². The molecule has 0 aliphatic rings. The summed E-state index contributed by atoms with van der Waals surface area (Å²) in [5.74, 6) is 0.635. The van der Waals surface area contributed by atoms with Crippen LogP contribution in [-0.4, -0.2) is 38.8 Å². The van der Waals surface area contributed by atoms with Gasteiger partial charge in [-0.05, 0) is 23.9 Å². The first-order chi connectivity index (χ1) is 12.7. The van der Waals surface area contributed by atoms with Crippen LogP contribution in [-0.2, 0) is 13.2 Å². The fourth-order valence-electron chi connectivity index (χ4n) is 2.20. The quantitative estimate of drug-likeness (QED) is 0.597. The minimum Gasteiger partial charge on any atom is -0.363 e. The summed E-state index contributed by atoms with van der Waals surface area (Å²) in [6.07, 6.45) is -4.58. The van der Waals surface area contributed by atoms with Crippen LogP contribution in [0.15, 0.2) is 40.6 Å². The van der Waals surface area contributed by atoms with Crippen LogP contribution in [0, 0.1) is 0 Å². The molecule has 3 aromatic rings. The maximum Gasteiger partial charge on any atom is 0.433 e. The zero-order chi connectivity index (χ0) is 19.8. The highest BCUT2D eigenvalue weighted by molar-refractivity contribution is 7.99. The second-order valence-corrected chi connectivity index (χ2v) is 7.07. The molecule has 0 amide bonds. The second-order valence-electron chi connectivity index (χ2n) is 5.73. The van der Waals surface area contributed by atoms with Crippen molar-refractivity contribution in [2.24, 2.45) is 7.05 Å². The average molecular weight is 415 g/mol. The van der Waals surface area contributed by atoms with Gasteiger partial charge in [-0.3, -0.25) is 0 Å². The Labute approximate surface area is 162 Å². The second kappa shape index (κ2) is 7.35. The molecule has 1 aromatic carbocycles. The van der Waals surface area contributed by atoms with E-state index in [2.05, 4.69) is 20.2 Å². The van der Waals surface area contributed by atoms with Crippen LogP contribution in [0.4, 0.5) is 19.0 Å². The predicted molar refractivity (Wildman–Crippen MR) is 96.9 cm³/mol. The van der Waals surface area contributed by atoms with Crippen LogP contribution in [0.3, 0.4) is 0 Å². The molecule has 27 heavy (non-hydrogen) atoms. The van der Waals surface area contributed by atoms with Crippen molar-refractivity contribution in [3.05, 3.63) is 41.0 Å². The van der Waals surface area contributed by atoms with Crippen molar-refractivity contribution >= 4 is 29.2 Å². The van der Waals surface area contributed by atoms with Crippen molar-refractivity contribution in [2.75, 3.05) is 19.0 Å². The van der Waals surface area contributed by atoms with Crippen LogP contribution in [0.2, 0.25) is 5.02 Å². The third kappa shape index (κ3) is 4.16. The summed E-state index contributed by atoms with van der Waals surface area (Å²) in [6, 6.07) is 8.00. The lowest BCUT2D eigenvalue weighted by atomic mass is 10.2. The van der Waals surface area contributed by atoms with Crippen molar-refractivity contribution in [3.8, 4) is 11.4 Å². The summed E-state index contributed by atoms with van der Waals surface area (Å²) >= 11 is 7.08. The summed E-state index contributed by atoms with van der Waals surface area (Å²) in [7, 11) is 4.91. The van der Waals surface area contributed by atoms with E-state index in [1.165, 1.54) is 4.90 Å². The Kier molecular flexibility index (Phi) is 5.29. The molecule has 0 bridgehead atoms. The van der Waals surface area contributed by atoms with Gasteiger partial charge in [-0.15, -0.1) is 10.2 Å². The normalized spacial score (nSPS) is 11.7. The van der Waals surface area contributed by atoms with Crippen LogP contribution in [0.1, 0.15) is 5.69 Å².